The zero-order chi connectivity index (χ0) is 22.7. The van der Waals surface area contributed by atoms with Gasteiger partial charge in [-0.15, -0.1) is 10.2 Å². The van der Waals surface area contributed by atoms with Gasteiger partial charge in [0.15, 0.2) is 0 Å². The topological polar surface area (TPSA) is 92.3 Å². The van der Waals surface area contributed by atoms with Crippen LogP contribution in [0.25, 0.3) is 10.6 Å². The molecule has 0 aliphatic carbocycles. The number of carbonyl (C=O) groups excluding carboxylic acids is 1. The Hall–Kier alpha value is -3.56. The minimum atomic E-state index is -3.76. The van der Waals surface area contributed by atoms with Gasteiger partial charge in [-0.25, -0.2) is 8.42 Å². The summed E-state index contributed by atoms with van der Waals surface area (Å²) < 4.78 is 27.1. The molecule has 1 aromatic heterocycles. The van der Waals surface area contributed by atoms with E-state index in [9.17, 15) is 13.2 Å². The monoisotopic (exact) mass is 464 g/mol. The molecule has 3 aromatic carbocycles. The smallest absolute Gasteiger partial charge is 0.264 e. The second-order valence-corrected chi connectivity index (χ2v) is 10.0. The molecule has 32 heavy (non-hydrogen) atoms. The number of hydrogen-bond donors (Lipinski definition) is 1. The summed E-state index contributed by atoms with van der Waals surface area (Å²) >= 11 is 1.26. The van der Waals surface area contributed by atoms with Crippen molar-refractivity contribution in [2.24, 2.45) is 0 Å². The zero-order valence-corrected chi connectivity index (χ0v) is 19.0. The fraction of sp³-hybridized carbons (Fsp3) is 0.0870. The molecule has 0 atom stereocenters. The molecule has 0 unspecified atom stereocenters. The first kappa shape index (κ1) is 21.7. The van der Waals surface area contributed by atoms with Gasteiger partial charge in [-0.3, -0.25) is 14.4 Å². The molecule has 0 fully saturated rings. The van der Waals surface area contributed by atoms with Crippen molar-refractivity contribution in [1.82, 2.24) is 10.2 Å². The van der Waals surface area contributed by atoms with Gasteiger partial charge in [0.1, 0.15) is 5.01 Å². The van der Waals surface area contributed by atoms with E-state index >= 15 is 0 Å². The molecule has 0 aliphatic rings. The first-order chi connectivity index (χ1) is 15.3. The van der Waals surface area contributed by atoms with Crippen LogP contribution >= 0.6 is 11.3 Å². The summed E-state index contributed by atoms with van der Waals surface area (Å²) in [5, 5.41) is 11.9. The van der Waals surface area contributed by atoms with Crippen LogP contribution in [-0.4, -0.2) is 31.6 Å². The Labute approximate surface area is 190 Å². The molecule has 0 saturated heterocycles. The van der Waals surface area contributed by atoms with Crippen molar-refractivity contribution in [2.75, 3.05) is 16.7 Å². The van der Waals surface area contributed by atoms with Crippen molar-refractivity contribution in [3.8, 4) is 10.6 Å². The molecule has 0 bridgehead atoms. The number of nitrogens with zero attached hydrogens (tertiary/aromatic N) is 3. The lowest BCUT2D eigenvalue weighted by Crippen LogP contribution is -2.26. The second-order valence-electron chi connectivity index (χ2n) is 7.07. The van der Waals surface area contributed by atoms with Crippen LogP contribution in [0.2, 0.25) is 0 Å². The Morgan fingerprint density at radius 3 is 2.38 bits per heavy atom. The van der Waals surface area contributed by atoms with Gasteiger partial charge in [0.05, 0.1) is 10.6 Å². The molecule has 162 valence electrons. The van der Waals surface area contributed by atoms with Crippen LogP contribution < -0.4 is 9.62 Å². The predicted molar refractivity (Wildman–Crippen MR) is 127 cm³/mol. The fourth-order valence-electron chi connectivity index (χ4n) is 2.99. The number of sulfonamides is 1. The first-order valence-corrected chi connectivity index (χ1v) is 12.0. The molecule has 1 heterocycles. The van der Waals surface area contributed by atoms with E-state index < -0.39 is 15.9 Å². The van der Waals surface area contributed by atoms with E-state index in [1.807, 2.05) is 37.3 Å². The summed E-state index contributed by atoms with van der Waals surface area (Å²) in [6.45, 7) is 1.89. The second kappa shape index (κ2) is 8.89. The predicted octanol–water partition coefficient (Wildman–Crippen LogP) is 4.59. The molecular formula is C23H20N4O3S2. The Morgan fingerprint density at radius 1 is 0.938 bits per heavy atom. The number of benzene rings is 3. The van der Waals surface area contributed by atoms with Gasteiger partial charge < -0.3 is 0 Å². The number of amides is 1. The molecular weight excluding hydrogens is 444 g/mol. The number of aromatic nitrogens is 2. The highest BCUT2D eigenvalue weighted by molar-refractivity contribution is 7.92. The van der Waals surface area contributed by atoms with Gasteiger partial charge in [0.2, 0.25) is 5.13 Å². The quantitative estimate of drug-likeness (QED) is 0.451. The molecule has 1 amide bonds. The number of aryl methyl sites for hydroxylation is 1. The van der Waals surface area contributed by atoms with Gasteiger partial charge in [-0.05, 0) is 37.3 Å². The molecule has 0 radical (unpaired) electrons. The SMILES string of the molecule is Cc1ccc(S(=O)(=O)N(C)c2cccc(C(=O)Nc3nnc(-c4ccccc4)s3)c2)cc1. The van der Waals surface area contributed by atoms with Gasteiger partial charge in [-0.2, -0.15) is 0 Å². The van der Waals surface area contributed by atoms with Gasteiger partial charge >= 0.3 is 0 Å². The van der Waals surface area contributed by atoms with Crippen LogP contribution in [0.1, 0.15) is 15.9 Å². The lowest BCUT2D eigenvalue weighted by molar-refractivity contribution is 0.102. The van der Waals surface area contributed by atoms with Crippen LogP contribution in [-0.2, 0) is 10.0 Å². The van der Waals surface area contributed by atoms with E-state index in [1.54, 1.807) is 42.5 Å². The van der Waals surface area contributed by atoms with Crippen LogP contribution in [0.3, 0.4) is 0 Å². The van der Waals surface area contributed by atoms with Crippen molar-refractivity contribution in [3.63, 3.8) is 0 Å². The molecule has 0 aliphatic heterocycles. The lowest BCUT2D eigenvalue weighted by Gasteiger charge is -2.20. The van der Waals surface area contributed by atoms with Crippen LogP contribution in [0.5, 0.6) is 0 Å². The van der Waals surface area contributed by atoms with Crippen molar-refractivity contribution >= 4 is 38.1 Å². The fourth-order valence-corrected chi connectivity index (χ4v) is 4.92. The molecule has 4 rings (SSSR count). The standard InChI is InChI=1S/C23H20N4O3S2/c1-16-11-13-20(14-12-16)32(29,30)27(2)19-10-6-9-18(15-19)21(28)24-23-26-25-22(31-23)17-7-4-3-5-8-17/h3-15H,1-2H3,(H,24,26,28). The Kier molecular flexibility index (Phi) is 6.02. The number of nitrogens with one attached hydrogen (secondary N) is 1. The van der Waals surface area contributed by atoms with Gasteiger partial charge in [-0.1, -0.05) is 65.4 Å². The van der Waals surface area contributed by atoms with E-state index in [0.717, 1.165) is 15.4 Å². The van der Waals surface area contributed by atoms with Gasteiger partial charge in [0.25, 0.3) is 15.9 Å². The normalized spacial score (nSPS) is 11.2. The van der Waals surface area contributed by atoms with Crippen molar-refractivity contribution in [3.05, 3.63) is 90.0 Å². The third kappa shape index (κ3) is 4.53. The molecule has 1 N–H and O–H groups in total. The van der Waals surface area contributed by atoms with Crippen molar-refractivity contribution in [1.29, 1.82) is 0 Å². The Balaban J connectivity index is 1.53. The van der Waals surface area contributed by atoms with Crippen molar-refractivity contribution < 1.29 is 13.2 Å². The highest BCUT2D eigenvalue weighted by Crippen LogP contribution is 2.27. The number of anilines is 2. The summed E-state index contributed by atoms with van der Waals surface area (Å²) in [6, 6.07) is 22.6. The third-order valence-corrected chi connectivity index (χ3v) is 7.51. The number of hydrogen-bond acceptors (Lipinski definition) is 6. The maximum atomic E-state index is 13.0. The number of carbonyl (C=O) groups is 1. The minimum Gasteiger partial charge on any atom is -0.296 e. The molecule has 4 aromatic rings. The lowest BCUT2D eigenvalue weighted by atomic mass is 10.2. The Bertz CT molecular complexity index is 1350. The zero-order valence-electron chi connectivity index (χ0n) is 17.4. The molecule has 0 saturated carbocycles. The average Bonchev–Trinajstić information content (AvgIpc) is 3.28. The van der Waals surface area contributed by atoms with Crippen molar-refractivity contribution in [2.45, 2.75) is 11.8 Å². The summed E-state index contributed by atoms with van der Waals surface area (Å²) in [5.41, 5.74) is 2.57. The average molecular weight is 465 g/mol. The summed E-state index contributed by atoms with van der Waals surface area (Å²) in [7, 11) is -2.29. The van der Waals surface area contributed by atoms with E-state index in [-0.39, 0.29) is 4.90 Å². The minimum absolute atomic E-state index is 0.183. The van der Waals surface area contributed by atoms with Crippen LogP contribution in [0.15, 0.2) is 83.8 Å². The van der Waals surface area contributed by atoms with E-state index in [0.29, 0.717) is 21.4 Å². The number of rotatable bonds is 6. The van der Waals surface area contributed by atoms with E-state index in [2.05, 4.69) is 15.5 Å². The maximum absolute atomic E-state index is 13.0. The summed E-state index contributed by atoms with van der Waals surface area (Å²) in [5.74, 6) is -0.399. The largest absolute Gasteiger partial charge is 0.296 e. The van der Waals surface area contributed by atoms with E-state index in [4.69, 9.17) is 0 Å². The molecule has 9 heteroatoms. The van der Waals surface area contributed by atoms with Crippen LogP contribution in [0, 0.1) is 6.92 Å². The first-order valence-electron chi connectivity index (χ1n) is 9.70. The highest BCUT2D eigenvalue weighted by atomic mass is 32.2. The van der Waals surface area contributed by atoms with E-state index in [1.165, 1.54) is 24.5 Å². The Morgan fingerprint density at radius 2 is 1.66 bits per heavy atom. The molecule has 0 spiro atoms. The summed E-state index contributed by atoms with van der Waals surface area (Å²) in [6.07, 6.45) is 0. The third-order valence-electron chi connectivity index (χ3n) is 4.82. The highest BCUT2D eigenvalue weighted by Gasteiger charge is 2.22. The maximum Gasteiger partial charge on any atom is 0.264 e. The summed E-state index contributed by atoms with van der Waals surface area (Å²) in [4.78, 5) is 12.9. The molecule has 7 nitrogen and oxygen atoms in total. The van der Waals surface area contributed by atoms with Crippen LogP contribution in [0.4, 0.5) is 10.8 Å². The van der Waals surface area contributed by atoms with Gasteiger partial charge in [0, 0.05) is 18.2 Å².